The summed E-state index contributed by atoms with van der Waals surface area (Å²) < 4.78 is 3.32. The highest BCUT2D eigenvalue weighted by atomic mass is 79.9. The van der Waals surface area contributed by atoms with Gasteiger partial charge in [-0.25, -0.2) is 4.98 Å². The predicted molar refractivity (Wildman–Crippen MR) is 89.8 cm³/mol. The Morgan fingerprint density at radius 3 is 2.71 bits per heavy atom. The van der Waals surface area contributed by atoms with Gasteiger partial charge in [0.2, 0.25) is 0 Å². The summed E-state index contributed by atoms with van der Waals surface area (Å²) in [5, 5.41) is 0. The first-order valence-corrected chi connectivity index (χ1v) is 8.18. The molecule has 3 rings (SSSR count). The van der Waals surface area contributed by atoms with E-state index in [1.165, 1.54) is 17.0 Å². The molecule has 1 aliphatic carbocycles. The zero-order valence-corrected chi connectivity index (χ0v) is 14.7. The fraction of sp³-hybridized carbons (Fsp3) is 0.471. The maximum absolute atomic E-state index is 6.40. The second kappa shape index (κ2) is 4.96. The molecular formula is C17H22BrN3. The number of hydrogen-bond acceptors (Lipinski definition) is 2. The van der Waals surface area contributed by atoms with Crippen molar-refractivity contribution < 1.29 is 0 Å². The van der Waals surface area contributed by atoms with Crippen LogP contribution in [0, 0.1) is 19.3 Å². The van der Waals surface area contributed by atoms with E-state index in [-0.39, 0.29) is 11.5 Å². The fourth-order valence-corrected chi connectivity index (χ4v) is 3.64. The monoisotopic (exact) mass is 347 g/mol. The smallest absolute Gasteiger partial charge is 0.137 e. The molecule has 0 aromatic carbocycles. The third-order valence-corrected chi connectivity index (χ3v) is 5.21. The van der Waals surface area contributed by atoms with E-state index < -0.39 is 0 Å². The Hall–Kier alpha value is -1.13. The van der Waals surface area contributed by atoms with Crippen LogP contribution in [0.15, 0.2) is 22.7 Å². The van der Waals surface area contributed by atoms with Gasteiger partial charge in [0, 0.05) is 21.9 Å². The van der Waals surface area contributed by atoms with Crippen LogP contribution in [0.4, 0.5) is 0 Å². The summed E-state index contributed by atoms with van der Waals surface area (Å²) in [7, 11) is 0. The van der Waals surface area contributed by atoms with E-state index in [1.807, 2.05) is 6.92 Å². The molecule has 112 valence electrons. The molecule has 2 aromatic heterocycles. The molecule has 1 aliphatic rings. The van der Waals surface area contributed by atoms with Crippen molar-refractivity contribution in [2.24, 2.45) is 11.1 Å². The van der Waals surface area contributed by atoms with Crippen LogP contribution in [0.25, 0.3) is 5.82 Å². The number of fused-ring (bicyclic) bond motifs is 1. The van der Waals surface area contributed by atoms with Crippen molar-refractivity contribution in [3.05, 3.63) is 45.3 Å². The van der Waals surface area contributed by atoms with Crippen LogP contribution in [0.3, 0.4) is 0 Å². The first-order valence-electron chi connectivity index (χ1n) is 7.39. The Bertz CT molecular complexity index is 700. The van der Waals surface area contributed by atoms with Gasteiger partial charge in [-0.2, -0.15) is 0 Å². The Morgan fingerprint density at radius 2 is 2.05 bits per heavy atom. The van der Waals surface area contributed by atoms with Crippen molar-refractivity contribution in [2.45, 2.75) is 46.6 Å². The van der Waals surface area contributed by atoms with Crippen molar-refractivity contribution in [2.75, 3.05) is 0 Å². The number of halogens is 1. The quantitative estimate of drug-likeness (QED) is 0.838. The largest absolute Gasteiger partial charge is 0.324 e. The lowest BCUT2D eigenvalue weighted by Gasteiger charge is -2.34. The van der Waals surface area contributed by atoms with E-state index in [9.17, 15) is 0 Å². The van der Waals surface area contributed by atoms with Crippen molar-refractivity contribution in [1.29, 1.82) is 0 Å². The van der Waals surface area contributed by atoms with Gasteiger partial charge in [0.15, 0.2) is 0 Å². The second-order valence-electron chi connectivity index (χ2n) is 6.91. The molecule has 1 atom stereocenters. The van der Waals surface area contributed by atoms with Gasteiger partial charge in [0.25, 0.3) is 0 Å². The SMILES string of the molecule is Cc1nc(-n2c(C)cc3c2CC(C)(C)CC3N)ccc1Br. The molecule has 2 N–H and O–H groups in total. The molecule has 0 fully saturated rings. The van der Waals surface area contributed by atoms with Gasteiger partial charge >= 0.3 is 0 Å². The minimum Gasteiger partial charge on any atom is -0.324 e. The molecule has 2 aromatic rings. The molecule has 4 heteroatoms. The number of aryl methyl sites for hydroxylation is 2. The molecule has 0 amide bonds. The summed E-state index contributed by atoms with van der Waals surface area (Å²) in [5.41, 5.74) is 11.5. The highest BCUT2D eigenvalue weighted by molar-refractivity contribution is 9.10. The molecule has 0 radical (unpaired) electrons. The van der Waals surface area contributed by atoms with Crippen molar-refractivity contribution in [1.82, 2.24) is 9.55 Å². The van der Waals surface area contributed by atoms with Crippen LogP contribution >= 0.6 is 15.9 Å². The Labute approximate surface area is 134 Å². The normalized spacial score (nSPS) is 20.4. The van der Waals surface area contributed by atoms with Gasteiger partial charge in [0.1, 0.15) is 5.82 Å². The van der Waals surface area contributed by atoms with Crippen LogP contribution in [0.2, 0.25) is 0 Å². The maximum atomic E-state index is 6.40. The molecule has 0 saturated carbocycles. The van der Waals surface area contributed by atoms with E-state index in [2.05, 4.69) is 59.5 Å². The van der Waals surface area contributed by atoms with Gasteiger partial charge < -0.3 is 10.3 Å². The molecule has 0 saturated heterocycles. The van der Waals surface area contributed by atoms with Crippen LogP contribution < -0.4 is 5.73 Å². The highest BCUT2D eigenvalue weighted by Crippen LogP contribution is 2.41. The fourth-order valence-electron chi connectivity index (χ4n) is 3.42. The van der Waals surface area contributed by atoms with Gasteiger partial charge in [-0.3, -0.25) is 0 Å². The molecule has 2 heterocycles. The predicted octanol–water partition coefficient (Wildman–Crippen LogP) is 4.22. The van der Waals surface area contributed by atoms with Crippen LogP contribution in [-0.4, -0.2) is 9.55 Å². The van der Waals surface area contributed by atoms with E-state index in [1.54, 1.807) is 0 Å². The summed E-state index contributed by atoms with van der Waals surface area (Å²) in [6.07, 6.45) is 2.08. The highest BCUT2D eigenvalue weighted by Gasteiger charge is 2.33. The van der Waals surface area contributed by atoms with Crippen LogP contribution in [0.1, 0.15) is 49.0 Å². The van der Waals surface area contributed by atoms with Gasteiger partial charge in [-0.15, -0.1) is 0 Å². The molecule has 3 nitrogen and oxygen atoms in total. The third-order valence-electron chi connectivity index (χ3n) is 4.37. The topological polar surface area (TPSA) is 43.8 Å². The van der Waals surface area contributed by atoms with Gasteiger partial charge in [-0.1, -0.05) is 13.8 Å². The number of nitrogens with zero attached hydrogens (tertiary/aromatic N) is 2. The zero-order chi connectivity index (χ0) is 15.4. The zero-order valence-electron chi connectivity index (χ0n) is 13.1. The Balaban J connectivity index is 2.18. The molecule has 1 unspecified atom stereocenters. The number of hydrogen-bond donors (Lipinski definition) is 1. The lowest BCUT2D eigenvalue weighted by Crippen LogP contribution is -2.30. The molecule has 0 aliphatic heterocycles. The first-order chi connectivity index (χ1) is 9.78. The molecule has 0 spiro atoms. The van der Waals surface area contributed by atoms with E-state index in [4.69, 9.17) is 10.7 Å². The van der Waals surface area contributed by atoms with E-state index in [0.717, 1.165) is 28.8 Å². The average molecular weight is 348 g/mol. The van der Waals surface area contributed by atoms with Crippen molar-refractivity contribution in [3.63, 3.8) is 0 Å². The number of pyridine rings is 1. The molecular weight excluding hydrogens is 326 g/mol. The summed E-state index contributed by atoms with van der Waals surface area (Å²) in [6, 6.07) is 6.49. The summed E-state index contributed by atoms with van der Waals surface area (Å²) in [5.74, 6) is 0.986. The van der Waals surface area contributed by atoms with Crippen molar-refractivity contribution >= 4 is 15.9 Å². The number of nitrogens with two attached hydrogens (primary N) is 1. The van der Waals surface area contributed by atoms with Gasteiger partial charge in [0.05, 0.1) is 5.69 Å². The average Bonchev–Trinajstić information content (AvgIpc) is 2.68. The first kappa shape index (κ1) is 14.8. The number of aromatic nitrogens is 2. The summed E-state index contributed by atoms with van der Waals surface area (Å²) in [4.78, 5) is 4.73. The standard InChI is InChI=1S/C17H22BrN3/c1-10-7-12-14(19)8-17(3,4)9-15(12)21(10)16-6-5-13(18)11(2)20-16/h5-7,14H,8-9,19H2,1-4H3. The van der Waals surface area contributed by atoms with E-state index >= 15 is 0 Å². The lowest BCUT2D eigenvalue weighted by atomic mass is 9.74. The summed E-state index contributed by atoms with van der Waals surface area (Å²) in [6.45, 7) is 8.75. The minimum atomic E-state index is 0.125. The molecule has 0 bridgehead atoms. The van der Waals surface area contributed by atoms with E-state index in [0.29, 0.717) is 0 Å². The van der Waals surface area contributed by atoms with Gasteiger partial charge in [-0.05, 0) is 71.8 Å². The van der Waals surface area contributed by atoms with Crippen LogP contribution in [0.5, 0.6) is 0 Å². The Morgan fingerprint density at radius 1 is 1.33 bits per heavy atom. The third kappa shape index (κ3) is 2.55. The Kier molecular flexibility index (Phi) is 3.49. The second-order valence-corrected chi connectivity index (χ2v) is 7.77. The van der Waals surface area contributed by atoms with Crippen molar-refractivity contribution in [3.8, 4) is 5.82 Å². The summed E-state index contributed by atoms with van der Waals surface area (Å²) >= 11 is 3.52. The number of rotatable bonds is 1. The lowest BCUT2D eigenvalue weighted by molar-refractivity contribution is 0.278. The molecule has 21 heavy (non-hydrogen) atoms. The minimum absolute atomic E-state index is 0.125. The van der Waals surface area contributed by atoms with Crippen LogP contribution in [-0.2, 0) is 6.42 Å². The maximum Gasteiger partial charge on any atom is 0.137 e.